The summed E-state index contributed by atoms with van der Waals surface area (Å²) in [5.41, 5.74) is 2.11. The summed E-state index contributed by atoms with van der Waals surface area (Å²) >= 11 is 7.47. The van der Waals surface area contributed by atoms with Crippen molar-refractivity contribution in [2.75, 3.05) is 5.32 Å². The number of aryl methyl sites for hydroxylation is 1. The predicted molar refractivity (Wildman–Crippen MR) is 78.7 cm³/mol. The molecule has 0 radical (unpaired) electrons. The van der Waals surface area contributed by atoms with E-state index >= 15 is 0 Å². The van der Waals surface area contributed by atoms with Crippen molar-refractivity contribution in [1.82, 2.24) is 15.0 Å². The minimum absolute atomic E-state index is 0.263. The van der Waals surface area contributed by atoms with Crippen molar-refractivity contribution >= 4 is 39.0 Å². The van der Waals surface area contributed by atoms with Crippen LogP contribution in [0.25, 0.3) is 10.2 Å². The highest BCUT2D eigenvalue weighted by Crippen LogP contribution is 2.26. The van der Waals surface area contributed by atoms with Gasteiger partial charge in [0.25, 0.3) is 0 Å². The van der Waals surface area contributed by atoms with Gasteiger partial charge < -0.3 is 5.32 Å². The number of halogens is 1. The molecule has 0 saturated heterocycles. The van der Waals surface area contributed by atoms with E-state index in [1.165, 1.54) is 0 Å². The van der Waals surface area contributed by atoms with Gasteiger partial charge in [-0.15, -0.1) is 11.3 Å². The van der Waals surface area contributed by atoms with Gasteiger partial charge in [0.2, 0.25) is 5.28 Å². The van der Waals surface area contributed by atoms with Crippen LogP contribution in [0.4, 0.5) is 5.82 Å². The van der Waals surface area contributed by atoms with Crippen molar-refractivity contribution in [2.24, 2.45) is 0 Å². The zero-order chi connectivity index (χ0) is 13.2. The number of nitrogens with zero attached hydrogens (tertiary/aromatic N) is 3. The molecule has 3 aromatic rings. The molecule has 0 aliphatic heterocycles. The van der Waals surface area contributed by atoms with Gasteiger partial charge in [-0.05, 0) is 41.6 Å². The molecule has 0 fully saturated rings. The van der Waals surface area contributed by atoms with Crippen LogP contribution in [0.1, 0.15) is 11.3 Å². The Kier molecular flexibility index (Phi) is 3.31. The average Bonchev–Trinajstić information content (AvgIpc) is 2.85. The van der Waals surface area contributed by atoms with Gasteiger partial charge in [0.1, 0.15) is 10.6 Å². The molecule has 0 unspecified atom stereocenters. The van der Waals surface area contributed by atoms with E-state index in [1.807, 2.05) is 36.7 Å². The van der Waals surface area contributed by atoms with Gasteiger partial charge >= 0.3 is 0 Å². The number of aromatic nitrogens is 3. The Bertz CT molecular complexity index is 708. The second kappa shape index (κ2) is 5.11. The van der Waals surface area contributed by atoms with E-state index in [0.29, 0.717) is 6.54 Å². The van der Waals surface area contributed by atoms with Gasteiger partial charge in [0.05, 0.1) is 5.39 Å². The highest BCUT2D eigenvalue weighted by atomic mass is 35.5. The molecule has 3 rings (SSSR count). The van der Waals surface area contributed by atoms with Crippen LogP contribution in [0.15, 0.2) is 29.8 Å². The molecular weight excluding hydrogens is 280 g/mol. The number of anilines is 1. The highest BCUT2D eigenvalue weighted by Gasteiger charge is 2.07. The molecule has 0 bridgehead atoms. The summed E-state index contributed by atoms with van der Waals surface area (Å²) in [7, 11) is 0. The summed E-state index contributed by atoms with van der Waals surface area (Å²) in [6.07, 6.45) is 1.86. The smallest absolute Gasteiger partial charge is 0.225 e. The molecule has 0 aliphatic carbocycles. The molecule has 0 atom stereocenters. The molecule has 6 heteroatoms. The van der Waals surface area contributed by atoms with Crippen LogP contribution < -0.4 is 5.32 Å². The number of rotatable bonds is 3. The number of nitrogens with one attached hydrogen (secondary N) is 1. The molecule has 0 aliphatic rings. The number of pyridine rings is 1. The molecule has 96 valence electrons. The molecule has 0 amide bonds. The second-order valence-electron chi connectivity index (χ2n) is 4.14. The third kappa shape index (κ3) is 2.67. The number of hydrogen-bond donors (Lipinski definition) is 1. The van der Waals surface area contributed by atoms with Crippen molar-refractivity contribution in [3.05, 3.63) is 46.3 Å². The topological polar surface area (TPSA) is 50.7 Å². The van der Waals surface area contributed by atoms with E-state index in [0.717, 1.165) is 27.3 Å². The normalized spacial score (nSPS) is 10.8. The van der Waals surface area contributed by atoms with Crippen molar-refractivity contribution in [1.29, 1.82) is 0 Å². The van der Waals surface area contributed by atoms with Crippen molar-refractivity contribution < 1.29 is 0 Å². The fourth-order valence-electron chi connectivity index (χ4n) is 1.75. The summed E-state index contributed by atoms with van der Waals surface area (Å²) in [6, 6.07) is 6.03. The maximum absolute atomic E-state index is 5.92. The van der Waals surface area contributed by atoms with E-state index < -0.39 is 0 Å². The van der Waals surface area contributed by atoms with Crippen LogP contribution in [0.5, 0.6) is 0 Å². The first kappa shape index (κ1) is 12.3. The first-order valence-electron chi connectivity index (χ1n) is 5.78. The first-order chi connectivity index (χ1) is 9.22. The maximum Gasteiger partial charge on any atom is 0.225 e. The zero-order valence-corrected chi connectivity index (χ0v) is 11.8. The largest absolute Gasteiger partial charge is 0.365 e. The van der Waals surface area contributed by atoms with Gasteiger partial charge in [-0.2, -0.15) is 0 Å². The predicted octanol–water partition coefficient (Wildman–Crippen LogP) is 3.66. The SMILES string of the molecule is Cc1ccc(CNc2nc(Cl)nc3sccc23)cn1. The molecule has 3 aromatic heterocycles. The number of hydrogen-bond acceptors (Lipinski definition) is 5. The Labute approximate surface area is 119 Å². The molecule has 4 nitrogen and oxygen atoms in total. The Balaban J connectivity index is 1.85. The Morgan fingerprint density at radius 2 is 2.16 bits per heavy atom. The van der Waals surface area contributed by atoms with Gasteiger partial charge in [-0.3, -0.25) is 4.98 Å². The minimum atomic E-state index is 0.263. The van der Waals surface area contributed by atoms with Crippen molar-refractivity contribution in [3.63, 3.8) is 0 Å². The van der Waals surface area contributed by atoms with E-state index in [-0.39, 0.29) is 5.28 Å². The summed E-state index contributed by atoms with van der Waals surface area (Å²) < 4.78 is 0. The standard InChI is InChI=1S/C13H11ClN4S/c1-8-2-3-9(6-15-8)7-16-11-10-4-5-19-12(10)18-13(14)17-11/h2-6H,7H2,1H3,(H,16,17,18). The van der Waals surface area contributed by atoms with Gasteiger partial charge in [0, 0.05) is 18.4 Å². The number of thiophene rings is 1. The molecule has 0 saturated carbocycles. The van der Waals surface area contributed by atoms with Crippen LogP contribution in [-0.2, 0) is 6.54 Å². The van der Waals surface area contributed by atoms with Crippen LogP contribution in [0, 0.1) is 6.92 Å². The number of fused-ring (bicyclic) bond motifs is 1. The molecule has 0 aromatic carbocycles. The molecular formula is C13H11ClN4S. The summed E-state index contributed by atoms with van der Waals surface area (Å²) in [5, 5.41) is 6.52. The lowest BCUT2D eigenvalue weighted by molar-refractivity contribution is 1.07. The fraction of sp³-hybridized carbons (Fsp3) is 0.154. The van der Waals surface area contributed by atoms with Crippen molar-refractivity contribution in [3.8, 4) is 0 Å². The maximum atomic E-state index is 5.92. The van der Waals surface area contributed by atoms with Crippen molar-refractivity contribution in [2.45, 2.75) is 13.5 Å². The lowest BCUT2D eigenvalue weighted by atomic mass is 10.2. The summed E-state index contributed by atoms with van der Waals surface area (Å²) in [6.45, 7) is 2.63. The van der Waals surface area contributed by atoms with Crippen LogP contribution in [0.2, 0.25) is 5.28 Å². The van der Waals surface area contributed by atoms with Gasteiger partial charge in [-0.25, -0.2) is 9.97 Å². The third-order valence-corrected chi connectivity index (χ3v) is 3.71. The van der Waals surface area contributed by atoms with Crippen LogP contribution >= 0.6 is 22.9 Å². The minimum Gasteiger partial charge on any atom is -0.365 e. The quantitative estimate of drug-likeness (QED) is 0.748. The molecule has 3 heterocycles. The average molecular weight is 291 g/mol. The van der Waals surface area contributed by atoms with Gasteiger partial charge in [0.15, 0.2) is 0 Å². The third-order valence-electron chi connectivity index (χ3n) is 2.73. The fourth-order valence-corrected chi connectivity index (χ4v) is 2.74. The van der Waals surface area contributed by atoms with Crippen LogP contribution in [-0.4, -0.2) is 15.0 Å². The van der Waals surface area contributed by atoms with E-state index in [9.17, 15) is 0 Å². The summed E-state index contributed by atoms with van der Waals surface area (Å²) in [5.74, 6) is 0.761. The lowest BCUT2D eigenvalue weighted by Crippen LogP contribution is -2.03. The Morgan fingerprint density at radius 1 is 1.26 bits per heavy atom. The second-order valence-corrected chi connectivity index (χ2v) is 5.37. The molecule has 19 heavy (non-hydrogen) atoms. The highest BCUT2D eigenvalue weighted by molar-refractivity contribution is 7.16. The molecule has 0 spiro atoms. The van der Waals surface area contributed by atoms with E-state index in [4.69, 9.17) is 11.6 Å². The molecule has 1 N–H and O–H groups in total. The summed E-state index contributed by atoms with van der Waals surface area (Å²) in [4.78, 5) is 13.6. The lowest BCUT2D eigenvalue weighted by Gasteiger charge is -2.07. The Hall–Kier alpha value is -1.72. The van der Waals surface area contributed by atoms with E-state index in [2.05, 4.69) is 20.3 Å². The van der Waals surface area contributed by atoms with Crippen LogP contribution in [0.3, 0.4) is 0 Å². The monoisotopic (exact) mass is 290 g/mol. The first-order valence-corrected chi connectivity index (χ1v) is 7.04. The van der Waals surface area contributed by atoms with Gasteiger partial charge in [-0.1, -0.05) is 6.07 Å². The zero-order valence-electron chi connectivity index (χ0n) is 10.2. The Morgan fingerprint density at radius 3 is 2.95 bits per heavy atom. The van der Waals surface area contributed by atoms with E-state index in [1.54, 1.807) is 11.3 Å².